The van der Waals surface area contributed by atoms with Crippen molar-refractivity contribution >= 4 is 22.9 Å². The summed E-state index contributed by atoms with van der Waals surface area (Å²) >= 11 is 0. The number of fused-ring (bicyclic) bond motifs is 1. The van der Waals surface area contributed by atoms with E-state index in [9.17, 15) is 14.7 Å². The van der Waals surface area contributed by atoms with Crippen LogP contribution in [0.4, 0.5) is 4.79 Å². The molecule has 0 aliphatic carbocycles. The minimum absolute atomic E-state index is 0.0391. The van der Waals surface area contributed by atoms with Gasteiger partial charge in [0, 0.05) is 18.2 Å². The first kappa shape index (κ1) is 21.1. The van der Waals surface area contributed by atoms with E-state index in [0.717, 1.165) is 16.6 Å². The lowest BCUT2D eigenvalue weighted by Crippen LogP contribution is -2.70. The SMILES string of the molecule is CC(C)(C)[N+]1(C(=O)[O-])CCC(n2ncc3c(C(N)=O)cc(-c4ccccc4)cc32)CC1. The molecule has 1 aliphatic rings. The molecule has 2 heterocycles. The zero-order chi connectivity index (χ0) is 22.4. The maximum atomic E-state index is 12.2. The molecule has 0 atom stereocenters. The number of nitrogens with zero attached hydrogens (tertiary/aromatic N) is 3. The molecule has 2 aromatic carbocycles. The molecule has 0 saturated carbocycles. The number of carbonyl (C=O) groups excluding carboxylic acids is 2. The number of piperidine rings is 1. The average Bonchev–Trinajstić information content (AvgIpc) is 3.16. The third-order valence-corrected chi connectivity index (χ3v) is 6.76. The lowest BCUT2D eigenvalue weighted by atomic mass is 9.93. The second-order valence-corrected chi connectivity index (χ2v) is 9.36. The Hall–Kier alpha value is -3.19. The van der Waals surface area contributed by atoms with Gasteiger partial charge in [-0.15, -0.1) is 0 Å². The Kier molecular flexibility index (Phi) is 5.09. The Morgan fingerprint density at radius 1 is 1.10 bits per heavy atom. The van der Waals surface area contributed by atoms with Gasteiger partial charge in [-0.3, -0.25) is 14.0 Å². The zero-order valence-corrected chi connectivity index (χ0v) is 18.2. The summed E-state index contributed by atoms with van der Waals surface area (Å²) in [5.74, 6) is -0.494. The van der Waals surface area contributed by atoms with E-state index >= 15 is 0 Å². The fourth-order valence-electron chi connectivity index (χ4n) is 4.80. The second-order valence-electron chi connectivity index (χ2n) is 9.36. The van der Waals surface area contributed by atoms with E-state index in [4.69, 9.17) is 5.73 Å². The van der Waals surface area contributed by atoms with Crippen LogP contribution in [-0.4, -0.2) is 44.9 Å². The van der Waals surface area contributed by atoms with Gasteiger partial charge in [0.25, 0.3) is 6.09 Å². The molecular formula is C24H28N4O3. The number of likely N-dealkylation sites (tertiary alicyclic amines) is 1. The highest BCUT2D eigenvalue weighted by Gasteiger charge is 2.46. The van der Waals surface area contributed by atoms with Crippen molar-refractivity contribution < 1.29 is 19.2 Å². The number of hydrogen-bond acceptors (Lipinski definition) is 4. The third-order valence-electron chi connectivity index (χ3n) is 6.76. The maximum Gasteiger partial charge on any atom is 0.257 e. The van der Waals surface area contributed by atoms with E-state index in [1.165, 1.54) is 0 Å². The summed E-state index contributed by atoms with van der Waals surface area (Å²) in [5, 5.41) is 17.3. The van der Waals surface area contributed by atoms with Crippen LogP contribution in [0.1, 0.15) is 50.0 Å². The summed E-state index contributed by atoms with van der Waals surface area (Å²) in [6, 6.07) is 13.7. The normalized spacial score (nSPS) is 21.8. The van der Waals surface area contributed by atoms with Gasteiger partial charge >= 0.3 is 0 Å². The van der Waals surface area contributed by atoms with Crippen LogP contribution in [0, 0.1) is 0 Å². The van der Waals surface area contributed by atoms with Gasteiger partial charge in [-0.2, -0.15) is 5.10 Å². The van der Waals surface area contributed by atoms with Gasteiger partial charge in [0.1, 0.15) is 0 Å². The van der Waals surface area contributed by atoms with Crippen molar-refractivity contribution in [2.75, 3.05) is 13.1 Å². The van der Waals surface area contributed by atoms with Crippen molar-refractivity contribution in [3.05, 3.63) is 54.2 Å². The van der Waals surface area contributed by atoms with Crippen LogP contribution in [0.25, 0.3) is 22.0 Å². The molecule has 3 aromatic rings. The Bertz CT molecular complexity index is 1140. The molecule has 0 radical (unpaired) electrons. The van der Waals surface area contributed by atoms with Crippen molar-refractivity contribution in [3.8, 4) is 11.1 Å². The molecule has 2 N–H and O–H groups in total. The lowest BCUT2D eigenvalue weighted by molar-refractivity contribution is -0.924. The predicted molar refractivity (Wildman–Crippen MR) is 117 cm³/mol. The summed E-state index contributed by atoms with van der Waals surface area (Å²) in [6.07, 6.45) is 1.97. The molecule has 1 aliphatic heterocycles. The standard InChI is InChI=1S/C24H28N4O3/c1-24(2,3)28(23(30)31)11-9-18(10-12-28)27-21-14-17(16-7-5-4-6-8-16)13-19(22(25)29)20(21)15-26-27/h4-8,13-15,18H,9-12H2,1-3H3,(H2-,25,29,30,31). The van der Waals surface area contributed by atoms with Gasteiger partial charge in [-0.1, -0.05) is 30.3 Å². The molecular weight excluding hydrogens is 392 g/mol. The van der Waals surface area contributed by atoms with E-state index < -0.39 is 17.5 Å². The highest BCUT2D eigenvalue weighted by Crippen LogP contribution is 2.36. The topological polar surface area (TPSA) is 101 Å². The van der Waals surface area contributed by atoms with Gasteiger partial charge in [0.05, 0.1) is 41.9 Å². The summed E-state index contributed by atoms with van der Waals surface area (Å²) in [7, 11) is 0. The molecule has 0 unspecified atom stereocenters. The smallest absolute Gasteiger partial charge is 0.257 e. The minimum Gasteiger partial charge on any atom is -0.498 e. The molecule has 162 valence electrons. The molecule has 0 bridgehead atoms. The molecule has 31 heavy (non-hydrogen) atoms. The number of carboxylic acid groups (broad SMARTS) is 1. The van der Waals surface area contributed by atoms with E-state index in [1.54, 1.807) is 6.20 Å². The van der Waals surface area contributed by atoms with Crippen molar-refractivity contribution in [1.82, 2.24) is 9.78 Å². The van der Waals surface area contributed by atoms with Crippen molar-refractivity contribution in [1.29, 1.82) is 0 Å². The van der Waals surface area contributed by atoms with Gasteiger partial charge in [0.15, 0.2) is 0 Å². The van der Waals surface area contributed by atoms with Crippen LogP contribution in [0.3, 0.4) is 0 Å². The fraction of sp³-hybridized carbons (Fsp3) is 0.375. The van der Waals surface area contributed by atoms with Crippen LogP contribution in [-0.2, 0) is 0 Å². The largest absolute Gasteiger partial charge is 0.498 e. The van der Waals surface area contributed by atoms with Gasteiger partial charge < -0.3 is 15.6 Å². The summed E-state index contributed by atoms with van der Waals surface area (Å²) in [4.78, 5) is 24.2. The first-order valence-electron chi connectivity index (χ1n) is 10.6. The molecule has 2 amide bonds. The second kappa shape index (κ2) is 7.50. The van der Waals surface area contributed by atoms with E-state index in [2.05, 4.69) is 5.10 Å². The maximum absolute atomic E-state index is 12.2. The molecule has 7 heteroatoms. The number of nitrogens with two attached hydrogens (primary N) is 1. The first-order valence-corrected chi connectivity index (χ1v) is 10.6. The van der Waals surface area contributed by atoms with Crippen molar-refractivity contribution in [2.24, 2.45) is 5.73 Å². The number of hydrogen-bond donors (Lipinski definition) is 1. The number of aromatic nitrogens is 2. The number of quaternary nitrogens is 1. The quantitative estimate of drug-likeness (QED) is 0.658. The minimum atomic E-state index is -1.03. The van der Waals surface area contributed by atoms with Crippen molar-refractivity contribution in [2.45, 2.75) is 45.2 Å². The van der Waals surface area contributed by atoms with Crippen LogP contribution in [0.5, 0.6) is 0 Å². The van der Waals surface area contributed by atoms with Gasteiger partial charge in [-0.05, 0) is 44.0 Å². The summed E-state index contributed by atoms with van der Waals surface area (Å²) < 4.78 is 1.87. The number of benzene rings is 2. The number of amides is 2. The molecule has 0 spiro atoms. The van der Waals surface area contributed by atoms with Crippen LogP contribution in [0.15, 0.2) is 48.7 Å². The summed E-state index contributed by atoms with van der Waals surface area (Å²) in [6.45, 7) is 6.77. The Morgan fingerprint density at radius 2 is 1.74 bits per heavy atom. The monoisotopic (exact) mass is 420 g/mol. The molecule has 7 nitrogen and oxygen atoms in total. The van der Waals surface area contributed by atoms with Gasteiger partial charge in [-0.25, -0.2) is 0 Å². The highest BCUT2D eigenvalue weighted by atomic mass is 16.4. The highest BCUT2D eigenvalue weighted by molar-refractivity contribution is 6.07. The molecule has 1 fully saturated rings. The molecule has 1 aromatic heterocycles. The fourth-order valence-corrected chi connectivity index (χ4v) is 4.80. The first-order chi connectivity index (χ1) is 14.6. The van der Waals surface area contributed by atoms with E-state index in [1.807, 2.05) is 67.9 Å². The van der Waals surface area contributed by atoms with Crippen LogP contribution in [0.2, 0.25) is 0 Å². The predicted octanol–water partition coefficient (Wildman–Crippen LogP) is 3.10. The molecule has 4 rings (SSSR count). The number of carbonyl (C=O) groups is 2. The number of primary amides is 1. The zero-order valence-electron chi connectivity index (χ0n) is 18.2. The van der Waals surface area contributed by atoms with Crippen LogP contribution >= 0.6 is 0 Å². The van der Waals surface area contributed by atoms with Gasteiger partial charge in [0.2, 0.25) is 5.91 Å². The molecule has 1 saturated heterocycles. The third kappa shape index (κ3) is 3.49. The number of rotatable bonds is 3. The van der Waals surface area contributed by atoms with Crippen LogP contribution < -0.4 is 10.8 Å². The van der Waals surface area contributed by atoms with E-state index in [-0.39, 0.29) is 10.5 Å². The Labute approximate surface area is 181 Å². The summed E-state index contributed by atoms with van der Waals surface area (Å²) in [5.41, 5.74) is 8.39. The lowest BCUT2D eigenvalue weighted by Gasteiger charge is -2.51. The Balaban J connectivity index is 1.75. The van der Waals surface area contributed by atoms with Crippen molar-refractivity contribution in [3.63, 3.8) is 0 Å². The average molecular weight is 421 g/mol. The Morgan fingerprint density at radius 3 is 2.29 bits per heavy atom. The van der Waals surface area contributed by atoms with E-state index in [0.29, 0.717) is 36.9 Å².